The van der Waals surface area contributed by atoms with Crippen LogP contribution in [0.3, 0.4) is 0 Å². The van der Waals surface area contributed by atoms with Crippen LogP contribution >= 0.6 is 11.6 Å². The first-order valence-electron chi connectivity index (χ1n) is 6.59. The molecule has 3 aliphatic rings. The van der Waals surface area contributed by atoms with Crippen LogP contribution in [0.15, 0.2) is 30.4 Å². The van der Waals surface area contributed by atoms with E-state index in [0.29, 0.717) is 5.69 Å². The lowest BCUT2D eigenvalue weighted by atomic mass is 9.85. The summed E-state index contributed by atoms with van der Waals surface area (Å²) in [5, 5.41) is -0.0822. The highest BCUT2D eigenvalue weighted by atomic mass is 35.5. The zero-order valence-corrected chi connectivity index (χ0v) is 11.2. The van der Waals surface area contributed by atoms with Gasteiger partial charge in [0.05, 0.1) is 22.5 Å². The molecule has 0 N–H and O–H groups in total. The number of halogens is 2. The van der Waals surface area contributed by atoms with E-state index in [1.807, 2.05) is 12.2 Å². The van der Waals surface area contributed by atoms with Crippen molar-refractivity contribution < 1.29 is 14.0 Å². The molecule has 0 unspecified atom stereocenters. The minimum Gasteiger partial charge on any atom is -0.274 e. The molecule has 1 aromatic carbocycles. The molecule has 2 bridgehead atoms. The smallest absolute Gasteiger partial charge is 0.238 e. The molecule has 102 valence electrons. The molecule has 1 heterocycles. The number of benzene rings is 1. The van der Waals surface area contributed by atoms with Crippen molar-refractivity contribution in [3.05, 3.63) is 41.2 Å². The zero-order chi connectivity index (χ0) is 14.0. The third-order valence-corrected chi connectivity index (χ3v) is 4.92. The van der Waals surface area contributed by atoms with E-state index < -0.39 is 5.82 Å². The third kappa shape index (κ3) is 1.40. The minimum absolute atomic E-state index is 0.0822. The molecule has 5 heteroatoms. The normalized spacial score (nSPS) is 34.2. The highest BCUT2D eigenvalue weighted by Gasteiger charge is 2.59. The highest BCUT2D eigenvalue weighted by molar-refractivity contribution is 6.31. The lowest BCUT2D eigenvalue weighted by Crippen LogP contribution is -2.32. The number of anilines is 1. The van der Waals surface area contributed by atoms with Crippen LogP contribution < -0.4 is 4.90 Å². The molecule has 3 nitrogen and oxygen atoms in total. The first-order chi connectivity index (χ1) is 9.58. The van der Waals surface area contributed by atoms with Crippen LogP contribution in [0.1, 0.15) is 6.42 Å². The van der Waals surface area contributed by atoms with Gasteiger partial charge in [0.1, 0.15) is 5.82 Å². The second-order valence-electron chi connectivity index (χ2n) is 5.61. The van der Waals surface area contributed by atoms with Gasteiger partial charge >= 0.3 is 0 Å². The first kappa shape index (κ1) is 12.1. The van der Waals surface area contributed by atoms with Crippen molar-refractivity contribution in [2.45, 2.75) is 6.42 Å². The van der Waals surface area contributed by atoms with E-state index in [-0.39, 0.29) is 40.5 Å². The van der Waals surface area contributed by atoms with E-state index in [9.17, 15) is 14.0 Å². The molecule has 2 aliphatic carbocycles. The topological polar surface area (TPSA) is 37.4 Å². The lowest BCUT2D eigenvalue weighted by molar-refractivity contribution is -0.123. The number of carbonyl (C=O) groups is 2. The summed E-state index contributed by atoms with van der Waals surface area (Å²) in [5.74, 6) is -1.08. The van der Waals surface area contributed by atoms with Gasteiger partial charge in [0.2, 0.25) is 11.8 Å². The molecule has 1 aromatic rings. The molecular formula is C15H11ClFNO2. The summed E-state index contributed by atoms with van der Waals surface area (Å²) in [6.07, 6.45) is 4.97. The fraction of sp³-hybridized carbons (Fsp3) is 0.333. The summed E-state index contributed by atoms with van der Waals surface area (Å²) < 4.78 is 13.2. The average Bonchev–Trinajstić information content (AvgIpc) is 3.08. The maximum absolute atomic E-state index is 13.2. The number of nitrogens with zero attached hydrogens (tertiary/aromatic N) is 1. The highest BCUT2D eigenvalue weighted by Crippen LogP contribution is 2.53. The van der Waals surface area contributed by atoms with Gasteiger partial charge in [0.25, 0.3) is 0 Å². The molecule has 1 saturated heterocycles. The van der Waals surface area contributed by atoms with Gasteiger partial charge in [-0.15, -0.1) is 0 Å². The molecule has 0 aromatic heterocycles. The molecule has 0 spiro atoms. The Morgan fingerprint density at radius 1 is 1.10 bits per heavy atom. The number of allylic oxidation sites excluding steroid dienone is 2. The van der Waals surface area contributed by atoms with Gasteiger partial charge in [-0.05, 0) is 36.5 Å². The molecule has 20 heavy (non-hydrogen) atoms. The molecule has 2 fully saturated rings. The Kier molecular flexibility index (Phi) is 2.37. The predicted octanol–water partition coefficient (Wildman–Crippen LogP) is 2.79. The number of amides is 2. The number of hydrogen-bond acceptors (Lipinski definition) is 2. The Bertz CT molecular complexity index is 642. The standard InChI is InChI=1S/C15H11ClFNO2/c16-10-6-9(3-4-11(10)17)18-14(19)12-7-1-2-8(5-7)13(12)15(18)20/h1-4,6-8,12-13H,5H2/t7-,8-,12+,13+/m0/s1. The van der Waals surface area contributed by atoms with Crippen molar-refractivity contribution in [3.63, 3.8) is 0 Å². The Balaban J connectivity index is 1.76. The maximum atomic E-state index is 13.2. The van der Waals surface area contributed by atoms with Gasteiger partial charge in [-0.2, -0.15) is 0 Å². The van der Waals surface area contributed by atoms with Crippen molar-refractivity contribution >= 4 is 29.1 Å². The number of rotatable bonds is 1. The summed E-state index contributed by atoms with van der Waals surface area (Å²) in [7, 11) is 0. The van der Waals surface area contributed by atoms with E-state index in [4.69, 9.17) is 11.6 Å². The summed E-state index contributed by atoms with van der Waals surface area (Å²) in [4.78, 5) is 26.2. The fourth-order valence-electron chi connectivity index (χ4n) is 3.78. The third-order valence-electron chi connectivity index (χ3n) is 4.63. The van der Waals surface area contributed by atoms with Crippen LogP contribution in [0.4, 0.5) is 10.1 Å². The Hall–Kier alpha value is -1.68. The molecule has 4 atom stereocenters. The molecule has 1 aliphatic heterocycles. The van der Waals surface area contributed by atoms with E-state index >= 15 is 0 Å². The van der Waals surface area contributed by atoms with Crippen LogP contribution in [0.25, 0.3) is 0 Å². The van der Waals surface area contributed by atoms with Crippen molar-refractivity contribution in [2.24, 2.45) is 23.7 Å². The quantitative estimate of drug-likeness (QED) is 0.589. The van der Waals surface area contributed by atoms with Crippen molar-refractivity contribution in [3.8, 4) is 0 Å². The fourth-order valence-corrected chi connectivity index (χ4v) is 3.96. The summed E-state index contributed by atoms with van der Waals surface area (Å²) in [6, 6.07) is 3.94. The summed E-state index contributed by atoms with van der Waals surface area (Å²) >= 11 is 5.74. The van der Waals surface area contributed by atoms with Gasteiger partial charge in [-0.1, -0.05) is 23.8 Å². The van der Waals surface area contributed by atoms with Crippen molar-refractivity contribution in [1.82, 2.24) is 0 Å². The van der Waals surface area contributed by atoms with Crippen molar-refractivity contribution in [2.75, 3.05) is 4.90 Å². The lowest BCUT2D eigenvalue weighted by Gasteiger charge is -2.17. The average molecular weight is 292 g/mol. The zero-order valence-electron chi connectivity index (χ0n) is 10.4. The largest absolute Gasteiger partial charge is 0.274 e. The van der Waals surface area contributed by atoms with E-state index in [1.54, 1.807) is 0 Å². The maximum Gasteiger partial charge on any atom is 0.238 e. The number of carbonyl (C=O) groups excluding carboxylic acids is 2. The van der Waals surface area contributed by atoms with Crippen LogP contribution in [-0.4, -0.2) is 11.8 Å². The van der Waals surface area contributed by atoms with Gasteiger partial charge in [-0.25, -0.2) is 9.29 Å². The Morgan fingerprint density at radius 3 is 2.25 bits per heavy atom. The molecule has 0 radical (unpaired) electrons. The van der Waals surface area contributed by atoms with E-state index in [0.717, 1.165) is 6.42 Å². The number of fused-ring (bicyclic) bond motifs is 5. The summed E-state index contributed by atoms with van der Waals surface area (Å²) in [6.45, 7) is 0. The molecule has 4 rings (SSSR count). The Morgan fingerprint density at radius 2 is 1.70 bits per heavy atom. The second kappa shape index (κ2) is 3.92. The van der Waals surface area contributed by atoms with Crippen LogP contribution in [-0.2, 0) is 9.59 Å². The van der Waals surface area contributed by atoms with Crippen LogP contribution in [0.2, 0.25) is 5.02 Å². The van der Waals surface area contributed by atoms with E-state index in [1.165, 1.54) is 23.1 Å². The monoisotopic (exact) mass is 291 g/mol. The summed E-state index contributed by atoms with van der Waals surface area (Å²) in [5.41, 5.74) is 0.361. The number of hydrogen-bond donors (Lipinski definition) is 0. The van der Waals surface area contributed by atoms with Crippen LogP contribution in [0.5, 0.6) is 0 Å². The minimum atomic E-state index is -0.559. The van der Waals surface area contributed by atoms with Gasteiger partial charge in [0.15, 0.2) is 0 Å². The van der Waals surface area contributed by atoms with Gasteiger partial charge in [-0.3, -0.25) is 9.59 Å². The number of imide groups is 1. The van der Waals surface area contributed by atoms with Crippen LogP contribution in [0, 0.1) is 29.5 Å². The van der Waals surface area contributed by atoms with Gasteiger partial charge < -0.3 is 0 Å². The first-order valence-corrected chi connectivity index (χ1v) is 6.97. The SMILES string of the molecule is O=C1[C@H]2[C@H](C(=O)N1c1ccc(F)c(Cl)c1)[C@H]1C=C[C@H]2C1. The van der Waals surface area contributed by atoms with E-state index in [2.05, 4.69) is 0 Å². The van der Waals surface area contributed by atoms with Crippen molar-refractivity contribution in [1.29, 1.82) is 0 Å². The molecular weight excluding hydrogens is 281 g/mol. The Labute approximate surface area is 120 Å². The predicted molar refractivity (Wildman–Crippen MR) is 71.6 cm³/mol. The molecule has 1 saturated carbocycles. The molecule has 2 amide bonds. The van der Waals surface area contributed by atoms with Gasteiger partial charge in [0, 0.05) is 0 Å². The second-order valence-corrected chi connectivity index (χ2v) is 6.02.